The van der Waals surface area contributed by atoms with Gasteiger partial charge in [0.15, 0.2) is 0 Å². The van der Waals surface area contributed by atoms with Gasteiger partial charge in [0.25, 0.3) is 5.91 Å². The van der Waals surface area contributed by atoms with Gasteiger partial charge < -0.3 is 5.32 Å². The highest BCUT2D eigenvalue weighted by Gasteiger charge is 2.18. The maximum atomic E-state index is 11.6. The van der Waals surface area contributed by atoms with Crippen LogP contribution >= 0.6 is 11.6 Å². The molecule has 0 fully saturated rings. The normalized spacial score (nSPS) is 11.4. The Labute approximate surface area is 101 Å². The van der Waals surface area contributed by atoms with E-state index in [4.69, 9.17) is 11.6 Å². The first kappa shape index (κ1) is 13.0. The molecule has 0 aromatic carbocycles. The molecule has 1 rings (SSSR count). The van der Waals surface area contributed by atoms with Gasteiger partial charge in [-0.1, -0.05) is 13.8 Å². The van der Waals surface area contributed by atoms with Crippen LogP contribution in [-0.4, -0.2) is 28.5 Å². The monoisotopic (exact) mass is 243 g/mol. The summed E-state index contributed by atoms with van der Waals surface area (Å²) in [4.78, 5) is 11.6. The van der Waals surface area contributed by atoms with Crippen molar-refractivity contribution < 1.29 is 4.79 Å². The number of aromatic nitrogens is 2. The lowest BCUT2D eigenvalue weighted by Crippen LogP contribution is -2.34. The molecule has 2 N–H and O–H groups in total. The van der Waals surface area contributed by atoms with Gasteiger partial charge in [0.05, 0.1) is 0 Å². The van der Waals surface area contributed by atoms with E-state index in [1.807, 2.05) is 0 Å². The summed E-state index contributed by atoms with van der Waals surface area (Å²) in [5.41, 5.74) is 0.568. The van der Waals surface area contributed by atoms with E-state index < -0.39 is 0 Å². The van der Waals surface area contributed by atoms with Gasteiger partial charge in [0.1, 0.15) is 5.69 Å². The van der Waals surface area contributed by atoms with E-state index in [9.17, 15) is 4.79 Å². The maximum absolute atomic E-state index is 11.6. The molecule has 0 radical (unpaired) electrons. The molecule has 1 aromatic heterocycles. The van der Waals surface area contributed by atoms with E-state index in [0.29, 0.717) is 18.1 Å². The number of H-pyrrole nitrogens is 1. The summed E-state index contributed by atoms with van der Waals surface area (Å²) in [6.45, 7) is 4.88. The first-order valence-corrected chi connectivity index (χ1v) is 5.92. The number of carbonyl (C=O) groups excluding carboxylic acids is 1. The van der Waals surface area contributed by atoms with Crippen LogP contribution in [0, 0.1) is 5.41 Å². The summed E-state index contributed by atoms with van der Waals surface area (Å²) < 4.78 is 0. The molecular weight excluding hydrogens is 226 g/mol. The number of hydrogen-bond donors (Lipinski definition) is 2. The van der Waals surface area contributed by atoms with Gasteiger partial charge in [-0.05, 0) is 24.3 Å². The molecule has 1 aromatic rings. The lowest BCUT2D eigenvalue weighted by molar-refractivity contribution is 0.0929. The molecule has 0 saturated carbocycles. The number of halogens is 1. The third-order valence-corrected chi connectivity index (χ3v) is 2.73. The van der Waals surface area contributed by atoms with Crippen molar-refractivity contribution in [2.75, 3.05) is 12.4 Å². The average Bonchev–Trinajstić information content (AvgIpc) is 2.77. The van der Waals surface area contributed by atoms with Gasteiger partial charge in [-0.15, -0.1) is 11.6 Å². The van der Waals surface area contributed by atoms with Gasteiger partial charge in [0.2, 0.25) is 0 Å². The van der Waals surface area contributed by atoms with Gasteiger partial charge in [-0.25, -0.2) is 0 Å². The minimum atomic E-state index is -0.114. The third-order valence-electron chi connectivity index (χ3n) is 2.46. The number of alkyl halides is 1. The number of nitrogens with one attached hydrogen (secondary N) is 2. The van der Waals surface area contributed by atoms with Crippen LogP contribution < -0.4 is 5.32 Å². The Morgan fingerprint density at radius 3 is 2.94 bits per heavy atom. The van der Waals surface area contributed by atoms with E-state index in [2.05, 4.69) is 29.4 Å². The largest absolute Gasteiger partial charge is 0.350 e. The van der Waals surface area contributed by atoms with Crippen LogP contribution in [0.25, 0.3) is 0 Å². The topological polar surface area (TPSA) is 57.8 Å². The Kier molecular flexibility index (Phi) is 4.80. The van der Waals surface area contributed by atoms with E-state index in [1.165, 1.54) is 0 Å². The second-order valence-electron chi connectivity index (χ2n) is 4.61. The zero-order valence-corrected chi connectivity index (χ0v) is 10.5. The SMILES string of the molecule is CC(C)(CCCCl)CNC(=O)c1ccn[nH]1. The molecule has 0 atom stereocenters. The second-order valence-corrected chi connectivity index (χ2v) is 4.99. The fraction of sp³-hybridized carbons (Fsp3) is 0.636. The molecule has 0 bridgehead atoms. The molecule has 16 heavy (non-hydrogen) atoms. The first-order valence-electron chi connectivity index (χ1n) is 5.39. The van der Waals surface area contributed by atoms with Gasteiger partial charge in [-0.3, -0.25) is 9.89 Å². The number of aromatic amines is 1. The highest BCUT2D eigenvalue weighted by molar-refractivity contribution is 6.17. The second kappa shape index (κ2) is 5.89. The zero-order chi connectivity index (χ0) is 12.0. The standard InChI is InChI=1S/C11H18ClN3O/c1-11(2,5-3-6-12)8-13-10(16)9-4-7-14-15-9/h4,7H,3,5-6,8H2,1-2H3,(H,13,16)(H,14,15). The summed E-state index contributed by atoms with van der Waals surface area (Å²) >= 11 is 5.65. The van der Waals surface area contributed by atoms with Crippen molar-refractivity contribution in [3.8, 4) is 0 Å². The predicted molar refractivity (Wildman–Crippen MR) is 64.7 cm³/mol. The molecule has 0 aliphatic heterocycles. The Balaban J connectivity index is 2.36. The number of carbonyl (C=O) groups is 1. The lowest BCUT2D eigenvalue weighted by Gasteiger charge is -2.24. The highest BCUT2D eigenvalue weighted by Crippen LogP contribution is 2.21. The van der Waals surface area contributed by atoms with Gasteiger partial charge >= 0.3 is 0 Å². The van der Waals surface area contributed by atoms with Crippen molar-refractivity contribution in [2.24, 2.45) is 5.41 Å². The van der Waals surface area contributed by atoms with Crippen LogP contribution in [0.4, 0.5) is 0 Å². The molecule has 4 nitrogen and oxygen atoms in total. The smallest absolute Gasteiger partial charge is 0.269 e. The van der Waals surface area contributed by atoms with Crippen molar-refractivity contribution in [3.05, 3.63) is 18.0 Å². The van der Waals surface area contributed by atoms with Crippen molar-refractivity contribution >= 4 is 17.5 Å². The average molecular weight is 244 g/mol. The molecule has 5 heteroatoms. The summed E-state index contributed by atoms with van der Waals surface area (Å²) in [6.07, 6.45) is 3.53. The van der Waals surface area contributed by atoms with Crippen molar-refractivity contribution in [1.29, 1.82) is 0 Å². The highest BCUT2D eigenvalue weighted by atomic mass is 35.5. The lowest BCUT2D eigenvalue weighted by atomic mass is 9.88. The summed E-state index contributed by atoms with van der Waals surface area (Å²) in [5, 5.41) is 9.25. The molecule has 0 aliphatic carbocycles. The van der Waals surface area contributed by atoms with E-state index in [-0.39, 0.29) is 11.3 Å². The third kappa shape index (κ3) is 4.23. The van der Waals surface area contributed by atoms with Crippen LogP contribution in [0.1, 0.15) is 37.2 Å². The van der Waals surface area contributed by atoms with E-state index in [1.54, 1.807) is 12.3 Å². The molecule has 1 heterocycles. The van der Waals surface area contributed by atoms with E-state index in [0.717, 1.165) is 12.8 Å². The van der Waals surface area contributed by atoms with Crippen molar-refractivity contribution in [2.45, 2.75) is 26.7 Å². The van der Waals surface area contributed by atoms with Crippen LogP contribution in [-0.2, 0) is 0 Å². The molecule has 90 valence electrons. The molecule has 1 amide bonds. The maximum Gasteiger partial charge on any atom is 0.269 e. The van der Waals surface area contributed by atoms with Crippen molar-refractivity contribution in [1.82, 2.24) is 15.5 Å². The Morgan fingerprint density at radius 1 is 1.62 bits per heavy atom. The Morgan fingerprint density at radius 2 is 2.38 bits per heavy atom. The fourth-order valence-corrected chi connectivity index (χ4v) is 1.56. The molecule has 0 saturated heterocycles. The summed E-state index contributed by atoms with van der Waals surface area (Å²) in [6, 6.07) is 1.65. The van der Waals surface area contributed by atoms with Crippen LogP contribution in [0.2, 0.25) is 0 Å². The number of nitrogens with zero attached hydrogens (tertiary/aromatic N) is 1. The predicted octanol–water partition coefficient (Wildman–Crippen LogP) is 2.18. The first-order chi connectivity index (χ1) is 7.55. The number of amides is 1. The molecule has 0 aliphatic rings. The minimum Gasteiger partial charge on any atom is -0.350 e. The van der Waals surface area contributed by atoms with Crippen molar-refractivity contribution in [3.63, 3.8) is 0 Å². The minimum absolute atomic E-state index is 0.0740. The van der Waals surface area contributed by atoms with Crippen LogP contribution in [0.5, 0.6) is 0 Å². The number of rotatable bonds is 6. The van der Waals surface area contributed by atoms with Gasteiger partial charge in [-0.2, -0.15) is 5.10 Å². The summed E-state index contributed by atoms with van der Waals surface area (Å²) in [7, 11) is 0. The van der Waals surface area contributed by atoms with Crippen LogP contribution in [0.3, 0.4) is 0 Å². The Hall–Kier alpha value is -1.03. The molecular formula is C11H18ClN3O. The van der Waals surface area contributed by atoms with E-state index >= 15 is 0 Å². The van der Waals surface area contributed by atoms with Crippen LogP contribution in [0.15, 0.2) is 12.3 Å². The zero-order valence-electron chi connectivity index (χ0n) is 9.72. The molecule has 0 unspecified atom stereocenters. The Bertz CT molecular complexity index is 322. The van der Waals surface area contributed by atoms with Gasteiger partial charge in [0, 0.05) is 18.6 Å². The summed E-state index contributed by atoms with van der Waals surface area (Å²) in [5.74, 6) is 0.550. The number of hydrogen-bond acceptors (Lipinski definition) is 2. The quantitative estimate of drug-likeness (QED) is 0.753. The molecule has 0 spiro atoms. The fourth-order valence-electron chi connectivity index (χ4n) is 1.43.